The van der Waals surface area contributed by atoms with E-state index in [4.69, 9.17) is 0 Å². The maximum absolute atomic E-state index is 12.4. The quantitative estimate of drug-likeness (QED) is 0.365. The first-order valence-electron chi connectivity index (χ1n) is 9.48. The van der Waals surface area contributed by atoms with Gasteiger partial charge in [0.1, 0.15) is 0 Å². The first kappa shape index (κ1) is 20.7. The van der Waals surface area contributed by atoms with Crippen LogP contribution in [-0.4, -0.2) is 28.3 Å². The molecule has 0 bridgehead atoms. The molecule has 1 atom stereocenters. The number of nitro benzene ring substituents is 1. The maximum atomic E-state index is 12.4. The fourth-order valence-corrected chi connectivity index (χ4v) is 4.21. The molecular weight excluding hydrogens is 469 g/mol. The van der Waals surface area contributed by atoms with Crippen LogP contribution in [0.3, 0.4) is 0 Å². The minimum absolute atomic E-state index is 0.0143. The van der Waals surface area contributed by atoms with E-state index in [0.29, 0.717) is 21.7 Å². The van der Waals surface area contributed by atoms with Crippen LogP contribution in [0.5, 0.6) is 0 Å². The third-order valence-corrected chi connectivity index (χ3v) is 6.10. The van der Waals surface area contributed by atoms with E-state index in [2.05, 4.69) is 29.3 Å². The van der Waals surface area contributed by atoms with Crippen LogP contribution in [0.4, 0.5) is 5.69 Å². The molecule has 1 aliphatic rings. The van der Waals surface area contributed by atoms with Crippen LogP contribution in [0.1, 0.15) is 47.7 Å². The molecule has 0 aliphatic carbocycles. The average molecular weight is 493 g/mol. The average Bonchev–Trinajstić information content (AvgIpc) is 2.69. The number of non-ortho nitro benzene ring substituents is 1. The summed E-state index contributed by atoms with van der Waals surface area (Å²) in [4.78, 5) is 25.3. The molecule has 148 valence electrons. The molecule has 0 spiro atoms. The van der Waals surface area contributed by atoms with Gasteiger partial charge in [0.15, 0.2) is 0 Å². The smallest absolute Gasteiger partial charge is 0.270 e. The van der Waals surface area contributed by atoms with E-state index in [9.17, 15) is 14.9 Å². The Morgan fingerprint density at radius 1 is 1.21 bits per heavy atom. The molecule has 1 unspecified atom stereocenters. The number of carbonyl (C=O) groups excluding carboxylic acids is 1. The van der Waals surface area contributed by atoms with Gasteiger partial charge in [0, 0.05) is 34.8 Å². The zero-order chi connectivity index (χ0) is 20.1. The first-order chi connectivity index (χ1) is 13.4. The first-order valence-corrected chi connectivity index (χ1v) is 10.6. The third-order valence-electron chi connectivity index (χ3n) is 5.21. The molecule has 1 heterocycles. The number of piperidine rings is 1. The highest BCUT2D eigenvalue weighted by Gasteiger charge is 2.18. The summed E-state index contributed by atoms with van der Waals surface area (Å²) < 4.78 is 0.565. The van der Waals surface area contributed by atoms with Gasteiger partial charge in [-0.05, 0) is 66.1 Å². The van der Waals surface area contributed by atoms with Crippen LogP contribution in [0.2, 0.25) is 0 Å². The van der Waals surface area contributed by atoms with Crippen molar-refractivity contribution in [1.82, 2.24) is 10.2 Å². The molecule has 0 saturated carbocycles. The van der Waals surface area contributed by atoms with Gasteiger partial charge in [-0.15, -0.1) is 0 Å². The van der Waals surface area contributed by atoms with Gasteiger partial charge in [-0.3, -0.25) is 19.8 Å². The Kier molecular flexibility index (Phi) is 7.01. The second-order valence-electron chi connectivity index (χ2n) is 7.24. The van der Waals surface area contributed by atoms with Gasteiger partial charge in [-0.2, -0.15) is 0 Å². The standard InChI is InChI=1S/C21H24IN3O3/c1-15-4-2-3-11-24(15)14-17-7-5-16(6-8-17)13-23-21(26)19-10-9-18(25(27)28)12-20(19)22/h5-10,12,15H,2-4,11,13-14H2,1H3,(H,23,26). The van der Waals surface area contributed by atoms with Crippen LogP contribution in [0.25, 0.3) is 0 Å². The Morgan fingerprint density at radius 3 is 2.57 bits per heavy atom. The molecule has 1 N–H and O–H groups in total. The molecule has 0 radical (unpaired) electrons. The molecular formula is C21H24IN3O3. The van der Waals surface area contributed by atoms with E-state index < -0.39 is 4.92 Å². The Balaban J connectivity index is 1.56. The summed E-state index contributed by atoms with van der Waals surface area (Å²) in [6, 6.07) is 13.2. The van der Waals surface area contributed by atoms with Crippen molar-refractivity contribution in [1.29, 1.82) is 0 Å². The lowest BCUT2D eigenvalue weighted by Crippen LogP contribution is -2.36. The van der Waals surface area contributed by atoms with Gasteiger partial charge >= 0.3 is 0 Å². The van der Waals surface area contributed by atoms with E-state index in [0.717, 1.165) is 18.7 Å². The van der Waals surface area contributed by atoms with Gasteiger partial charge in [-0.25, -0.2) is 0 Å². The van der Waals surface area contributed by atoms with Crippen molar-refractivity contribution in [3.63, 3.8) is 0 Å². The van der Waals surface area contributed by atoms with Gasteiger partial charge in [0.05, 0.1) is 10.5 Å². The number of nitrogens with one attached hydrogen (secondary N) is 1. The molecule has 1 fully saturated rings. The van der Waals surface area contributed by atoms with Gasteiger partial charge in [0.25, 0.3) is 11.6 Å². The van der Waals surface area contributed by atoms with Crippen molar-refractivity contribution >= 4 is 34.2 Å². The van der Waals surface area contributed by atoms with Crippen LogP contribution in [-0.2, 0) is 13.1 Å². The molecule has 2 aromatic rings. The van der Waals surface area contributed by atoms with Crippen molar-refractivity contribution < 1.29 is 9.72 Å². The summed E-state index contributed by atoms with van der Waals surface area (Å²) in [5.74, 6) is -0.231. The summed E-state index contributed by atoms with van der Waals surface area (Å²) in [5, 5.41) is 13.7. The van der Waals surface area contributed by atoms with Crippen LogP contribution < -0.4 is 5.32 Å². The summed E-state index contributed by atoms with van der Waals surface area (Å²) in [6.07, 6.45) is 3.87. The summed E-state index contributed by atoms with van der Waals surface area (Å²) in [5.41, 5.74) is 2.75. The zero-order valence-corrected chi connectivity index (χ0v) is 18.0. The minimum Gasteiger partial charge on any atom is -0.348 e. The molecule has 1 amide bonds. The fraction of sp³-hybridized carbons (Fsp3) is 0.381. The SMILES string of the molecule is CC1CCCCN1Cc1ccc(CNC(=O)c2ccc([N+](=O)[O-])cc2I)cc1. The lowest BCUT2D eigenvalue weighted by atomic mass is 10.0. The Bertz CT molecular complexity index is 854. The number of likely N-dealkylation sites (tertiary alicyclic amines) is 1. The van der Waals surface area contributed by atoms with Crippen molar-refractivity contribution in [2.24, 2.45) is 0 Å². The van der Waals surface area contributed by atoms with Crippen molar-refractivity contribution in [2.75, 3.05) is 6.54 Å². The summed E-state index contributed by atoms with van der Waals surface area (Å²) in [7, 11) is 0. The molecule has 6 nitrogen and oxygen atoms in total. The number of rotatable bonds is 6. The summed E-state index contributed by atoms with van der Waals surface area (Å²) >= 11 is 1.95. The van der Waals surface area contributed by atoms with Crippen LogP contribution in [0.15, 0.2) is 42.5 Å². The molecule has 0 aromatic heterocycles. The largest absolute Gasteiger partial charge is 0.348 e. The van der Waals surface area contributed by atoms with E-state index in [-0.39, 0.29) is 11.6 Å². The van der Waals surface area contributed by atoms with E-state index in [1.165, 1.54) is 43.0 Å². The predicted octanol–water partition coefficient (Wildman–Crippen LogP) is 4.50. The number of amides is 1. The number of hydrogen-bond acceptors (Lipinski definition) is 4. The maximum Gasteiger partial charge on any atom is 0.270 e. The Labute approximate surface area is 178 Å². The molecule has 1 aliphatic heterocycles. The minimum atomic E-state index is -0.462. The normalized spacial score (nSPS) is 17.3. The number of nitro groups is 1. The van der Waals surface area contributed by atoms with Gasteiger partial charge < -0.3 is 5.32 Å². The number of carbonyl (C=O) groups is 1. The predicted molar refractivity (Wildman–Crippen MR) is 117 cm³/mol. The van der Waals surface area contributed by atoms with Gasteiger partial charge in [-0.1, -0.05) is 30.7 Å². The molecule has 2 aromatic carbocycles. The number of nitrogens with zero attached hydrogens (tertiary/aromatic N) is 2. The monoisotopic (exact) mass is 493 g/mol. The Morgan fingerprint density at radius 2 is 1.93 bits per heavy atom. The second-order valence-corrected chi connectivity index (χ2v) is 8.40. The number of benzene rings is 2. The third kappa shape index (κ3) is 5.29. The van der Waals surface area contributed by atoms with Crippen molar-refractivity contribution in [2.45, 2.75) is 45.3 Å². The van der Waals surface area contributed by atoms with Crippen molar-refractivity contribution in [3.8, 4) is 0 Å². The lowest BCUT2D eigenvalue weighted by molar-refractivity contribution is -0.384. The molecule has 3 rings (SSSR count). The number of hydrogen-bond donors (Lipinski definition) is 1. The molecule has 1 saturated heterocycles. The molecule has 28 heavy (non-hydrogen) atoms. The Hall–Kier alpha value is -2.00. The van der Waals surface area contributed by atoms with E-state index in [1.54, 1.807) is 0 Å². The van der Waals surface area contributed by atoms with Crippen LogP contribution in [0, 0.1) is 13.7 Å². The summed E-state index contributed by atoms with van der Waals surface area (Å²) in [6.45, 7) is 4.84. The topological polar surface area (TPSA) is 75.5 Å². The number of halogens is 1. The zero-order valence-electron chi connectivity index (χ0n) is 15.9. The van der Waals surface area contributed by atoms with Crippen LogP contribution >= 0.6 is 22.6 Å². The highest BCUT2D eigenvalue weighted by Crippen LogP contribution is 2.21. The highest BCUT2D eigenvalue weighted by atomic mass is 127. The fourth-order valence-electron chi connectivity index (χ4n) is 3.47. The van der Waals surface area contributed by atoms with E-state index in [1.807, 2.05) is 34.7 Å². The molecule has 7 heteroatoms. The highest BCUT2D eigenvalue weighted by molar-refractivity contribution is 14.1. The van der Waals surface area contributed by atoms with E-state index >= 15 is 0 Å². The lowest BCUT2D eigenvalue weighted by Gasteiger charge is -2.33. The second kappa shape index (κ2) is 9.47. The van der Waals surface area contributed by atoms with Crippen molar-refractivity contribution in [3.05, 3.63) is 72.8 Å². The van der Waals surface area contributed by atoms with Gasteiger partial charge in [0.2, 0.25) is 0 Å².